The summed E-state index contributed by atoms with van der Waals surface area (Å²) in [5, 5.41) is 0. The van der Waals surface area contributed by atoms with E-state index in [1.165, 1.54) is 10.8 Å². The molecule has 0 bridgehead atoms. The molecular formula is C16H25O3S2. The highest BCUT2D eigenvalue weighted by Gasteiger charge is 2.67. The summed E-state index contributed by atoms with van der Waals surface area (Å²) in [6.45, 7) is 17.2. The molecule has 2 unspecified atom stereocenters. The summed E-state index contributed by atoms with van der Waals surface area (Å²) in [7, 11) is 1.32. The van der Waals surface area contributed by atoms with E-state index in [0.717, 1.165) is 22.2 Å². The minimum absolute atomic E-state index is 0.121. The van der Waals surface area contributed by atoms with E-state index in [1.807, 2.05) is 0 Å². The van der Waals surface area contributed by atoms with Crippen molar-refractivity contribution in [3.05, 3.63) is 30.2 Å². The van der Waals surface area contributed by atoms with Gasteiger partial charge in [-0.3, -0.25) is 0 Å². The Hall–Kier alpha value is 0.0600. The summed E-state index contributed by atoms with van der Waals surface area (Å²) >= 11 is 0.732. The van der Waals surface area contributed by atoms with Crippen LogP contribution in [0.2, 0.25) is 0 Å². The first-order chi connectivity index (χ1) is 9.50. The molecular weight excluding hydrogens is 304 g/mol. The first kappa shape index (κ1) is 17.4. The fourth-order valence-electron chi connectivity index (χ4n) is 3.23. The molecule has 1 aliphatic carbocycles. The first-order valence-corrected chi connectivity index (χ1v) is 9.15. The van der Waals surface area contributed by atoms with Crippen LogP contribution in [0.5, 0.6) is 0 Å². The Bertz CT molecular complexity index is 485. The Kier molecular flexibility index (Phi) is 4.40. The van der Waals surface area contributed by atoms with E-state index < -0.39 is 10.5 Å². The van der Waals surface area contributed by atoms with Crippen molar-refractivity contribution in [3.8, 4) is 0 Å². The lowest BCUT2D eigenvalue weighted by molar-refractivity contribution is -0.0513. The van der Waals surface area contributed by atoms with Crippen molar-refractivity contribution in [2.24, 2.45) is 10.8 Å². The second kappa shape index (κ2) is 5.31. The Balaban J connectivity index is 2.73. The van der Waals surface area contributed by atoms with Crippen molar-refractivity contribution < 1.29 is 14.0 Å². The molecule has 2 atom stereocenters. The Morgan fingerprint density at radius 3 is 2.29 bits per heavy atom. The minimum Gasteiger partial charge on any atom is -0.340 e. The summed E-state index contributed by atoms with van der Waals surface area (Å²) in [5.74, 6) is 0. The van der Waals surface area contributed by atoms with Crippen molar-refractivity contribution in [2.45, 2.75) is 52.1 Å². The largest absolute Gasteiger partial charge is 0.340 e. The van der Waals surface area contributed by atoms with Gasteiger partial charge in [0.1, 0.15) is 5.60 Å². The van der Waals surface area contributed by atoms with Gasteiger partial charge in [0.25, 0.3) is 0 Å². The molecule has 119 valence electrons. The topological polar surface area (TPSA) is 38.7 Å². The van der Waals surface area contributed by atoms with Gasteiger partial charge in [0.05, 0.1) is 11.1 Å². The lowest BCUT2D eigenvalue weighted by atomic mass is 9.64. The maximum Gasteiger partial charge on any atom is 0.183 e. The first-order valence-electron chi connectivity index (χ1n) is 7.05. The average molecular weight is 330 g/mol. The van der Waals surface area contributed by atoms with Gasteiger partial charge in [0.2, 0.25) is 0 Å². The van der Waals surface area contributed by atoms with Crippen molar-refractivity contribution >= 4 is 21.9 Å². The maximum atomic E-state index is 9.57. The van der Waals surface area contributed by atoms with Crippen LogP contribution in [0.1, 0.15) is 41.5 Å². The van der Waals surface area contributed by atoms with Crippen molar-refractivity contribution in [1.82, 2.24) is 0 Å². The molecule has 1 heterocycles. The van der Waals surface area contributed by atoms with E-state index in [4.69, 9.17) is 9.47 Å². The monoisotopic (exact) mass is 329 g/mol. The van der Waals surface area contributed by atoms with E-state index in [1.54, 1.807) is 0 Å². The van der Waals surface area contributed by atoms with Gasteiger partial charge in [0, 0.05) is 0 Å². The van der Waals surface area contributed by atoms with Crippen LogP contribution in [-0.2, 0) is 9.47 Å². The molecule has 0 aromatic heterocycles. The van der Waals surface area contributed by atoms with Crippen LogP contribution >= 0.6 is 21.9 Å². The van der Waals surface area contributed by atoms with Crippen LogP contribution in [0.15, 0.2) is 23.3 Å². The minimum atomic E-state index is -0.746. The molecule has 0 aromatic rings. The molecule has 0 aromatic carbocycles. The van der Waals surface area contributed by atoms with E-state index >= 15 is 0 Å². The van der Waals surface area contributed by atoms with Crippen LogP contribution in [0.25, 0.3) is 0 Å². The van der Waals surface area contributed by atoms with Gasteiger partial charge in [0.15, 0.2) is 11.7 Å². The highest BCUT2D eigenvalue weighted by Crippen LogP contribution is 2.64. The quantitative estimate of drug-likeness (QED) is 0.565. The summed E-state index contributed by atoms with van der Waals surface area (Å²) in [4.78, 5) is -0.746. The zero-order valence-electron chi connectivity index (χ0n) is 13.6. The van der Waals surface area contributed by atoms with Gasteiger partial charge < -0.3 is 14.0 Å². The highest BCUT2D eigenvalue weighted by atomic mass is 33.1. The predicted molar refractivity (Wildman–Crippen MR) is 90.7 cm³/mol. The standard InChI is InChI=1S/C16H25O3S2/c1-11-8-12(13(2,3)4)16(20-21-17)15(9-11,14(5,6)7)18-10-19-16/h8-9,17H,1,10H2,2-7H3. The predicted octanol–water partition coefficient (Wildman–Crippen LogP) is 5.07. The molecule has 21 heavy (non-hydrogen) atoms. The van der Waals surface area contributed by atoms with Crippen LogP contribution in [0.4, 0.5) is 0 Å². The zero-order valence-corrected chi connectivity index (χ0v) is 15.3. The van der Waals surface area contributed by atoms with E-state index in [0.29, 0.717) is 0 Å². The maximum absolute atomic E-state index is 9.57. The van der Waals surface area contributed by atoms with E-state index in [2.05, 4.69) is 60.6 Å². The number of ether oxygens (including phenoxy) is 2. The van der Waals surface area contributed by atoms with Gasteiger partial charge in [-0.1, -0.05) is 47.6 Å². The van der Waals surface area contributed by atoms with Gasteiger partial charge in [-0.15, -0.1) is 0 Å². The fraction of sp³-hybridized carbons (Fsp3) is 0.688. The van der Waals surface area contributed by atoms with E-state index in [-0.39, 0.29) is 17.6 Å². The third-order valence-corrected chi connectivity index (χ3v) is 6.07. The Morgan fingerprint density at radius 1 is 1.19 bits per heavy atom. The lowest BCUT2D eigenvalue weighted by Gasteiger charge is -2.53. The van der Waals surface area contributed by atoms with Crippen LogP contribution in [0, 0.1) is 17.8 Å². The third-order valence-electron chi connectivity index (χ3n) is 4.19. The average Bonchev–Trinajstić information content (AvgIpc) is 2.67. The molecule has 2 rings (SSSR count). The molecule has 0 amide bonds. The van der Waals surface area contributed by atoms with E-state index in [9.17, 15) is 4.55 Å². The summed E-state index contributed by atoms with van der Waals surface area (Å²) in [6, 6.07) is 0. The molecule has 0 spiro atoms. The van der Waals surface area contributed by atoms with Crippen LogP contribution in [-0.4, -0.2) is 21.9 Å². The second-order valence-corrected chi connectivity index (χ2v) is 9.53. The lowest BCUT2D eigenvalue weighted by Crippen LogP contribution is -2.60. The molecule has 1 N–H and O–H groups in total. The van der Waals surface area contributed by atoms with Gasteiger partial charge >= 0.3 is 0 Å². The Labute approximate surface area is 136 Å². The zero-order chi connectivity index (χ0) is 16.1. The van der Waals surface area contributed by atoms with Crippen LogP contribution in [0.3, 0.4) is 0 Å². The molecule has 0 saturated carbocycles. The number of allylic oxidation sites excluding steroid dienone is 2. The normalized spacial score (nSPS) is 33.5. The summed E-state index contributed by atoms with van der Waals surface area (Å²) in [6.07, 6.45) is 4.13. The van der Waals surface area contributed by atoms with Gasteiger partial charge in [-0.25, -0.2) is 0 Å². The smallest absolute Gasteiger partial charge is 0.183 e. The molecule has 1 fully saturated rings. The van der Waals surface area contributed by atoms with Crippen molar-refractivity contribution in [2.75, 3.05) is 6.79 Å². The van der Waals surface area contributed by atoms with Gasteiger partial charge in [-0.05, 0) is 45.8 Å². The highest BCUT2D eigenvalue weighted by molar-refractivity contribution is 8.75. The number of fused-ring (bicyclic) bond motifs is 1. The van der Waals surface area contributed by atoms with Crippen molar-refractivity contribution in [1.29, 1.82) is 0 Å². The number of hydrogen-bond donors (Lipinski definition) is 1. The second-order valence-electron chi connectivity index (χ2n) is 7.69. The number of rotatable bonds is 2. The molecule has 1 radical (unpaired) electrons. The van der Waals surface area contributed by atoms with Crippen molar-refractivity contribution in [3.63, 3.8) is 0 Å². The molecule has 3 nitrogen and oxygen atoms in total. The third kappa shape index (κ3) is 2.51. The molecule has 2 aliphatic rings. The molecule has 5 heteroatoms. The van der Waals surface area contributed by atoms with Crippen LogP contribution < -0.4 is 0 Å². The SMILES string of the molecule is [CH2]C1=CC2(C(C)(C)C)OCOC2(SSO)C(C(C)(C)C)=C1. The van der Waals surface area contributed by atoms with Gasteiger partial charge in [-0.2, -0.15) is 0 Å². The molecule has 1 saturated heterocycles. The fourth-order valence-corrected chi connectivity index (χ4v) is 5.53. The Morgan fingerprint density at radius 2 is 1.81 bits per heavy atom. The number of hydrogen-bond acceptors (Lipinski definition) is 5. The summed E-state index contributed by atoms with van der Waals surface area (Å²) < 4.78 is 21.8. The molecule has 1 aliphatic heterocycles. The summed E-state index contributed by atoms with van der Waals surface area (Å²) in [5.41, 5.74) is 1.04.